The van der Waals surface area contributed by atoms with E-state index in [1.54, 1.807) is 34.2 Å². The fourth-order valence-corrected chi connectivity index (χ4v) is 2.87. The number of ketones is 1. The molecule has 0 bridgehead atoms. The van der Waals surface area contributed by atoms with Crippen molar-refractivity contribution in [3.63, 3.8) is 0 Å². The molecule has 0 N–H and O–H groups in total. The van der Waals surface area contributed by atoms with Crippen molar-refractivity contribution in [3.05, 3.63) is 63.7 Å². The van der Waals surface area contributed by atoms with E-state index in [1.807, 2.05) is 12.1 Å². The van der Waals surface area contributed by atoms with E-state index in [0.717, 1.165) is 0 Å². The van der Waals surface area contributed by atoms with Crippen LogP contribution in [-0.2, 0) is 9.53 Å². The van der Waals surface area contributed by atoms with Gasteiger partial charge in [0.15, 0.2) is 11.8 Å². The van der Waals surface area contributed by atoms with Crippen molar-refractivity contribution in [2.75, 3.05) is 6.61 Å². The minimum Gasteiger partial charge on any atom is -0.454 e. The maximum Gasteiger partial charge on any atom is 0.331 e. The van der Waals surface area contributed by atoms with Crippen LogP contribution < -0.4 is 0 Å². The van der Waals surface area contributed by atoms with Crippen LogP contribution in [0.25, 0.3) is 11.7 Å². The summed E-state index contributed by atoms with van der Waals surface area (Å²) in [6.45, 7) is -0.287. The van der Waals surface area contributed by atoms with Gasteiger partial charge in [-0.25, -0.2) is 9.78 Å². The molecule has 5 nitrogen and oxygen atoms in total. The molecule has 3 aromatic heterocycles. The first-order valence-corrected chi connectivity index (χ1v) is 7.95. The summed E-state index contributed by atoms with van der Waals surface area (Å²) in [6, 6.07) is 8.94. The van der Waals surface area contributed by atoms with Gasteiger partial charge in [0.25, 0.3) is 0 Å². The second kappa shape index (κ2) is 6.76. The molecule has 0 spiro atoms. The van der Waals surface area contributed by atoms with Gasteiger partial charge in [0, 0.05) is 12.3 Å². The highest BCUT2D eigenvalue weighted by Gasteiger charge is 2.10. The Morgan fingerprint density at radius 1 is 1.30 bits per heavy atom. The van der Waals surface area contributed by atoms with Crippen LogP contribution in [0.15, 0.2) is 48.0 Å². The number of hydrogen-bond acceptors (Lipinski definition) is 5. The van der Waals surface area contributed by atoms with Gasteiger partial charge in [0.1, 0.15) is 5.65 Å². The third kappa shape index (κ3) is 3.49. The molecule has 116 valence electrons. The number of hydrogen-bond donors (Lipinski definition) is 0. The van der Waals surface area contributed by atoms with E-state index < -0.39 is 5.97 Å². The molecule has 23 heavy (non-hydrogen) atoms. The molecule has 0 aliphatic heterocycles. The van der Waals surface area contributed by atoms with Gasteiger partial charge in [-0.2, -0.15) is 0 Å². The van der Waals surface area contributed by atoms with Crippen molar-refractivity contribution in [1.82, 2.24) is 9.38 Å². The van der Waals surface area contributed by atoms with Crippen molar-refractivity contribution < 1.29 is 14.3 Å². The minimum atomic E-state index is -0.614. The number of aromatic nitrogens is 2. The molecule has 7 heteroatoms. The Labute approximate surface area is 140 Å². The zero-order chi connectivity index (χ0) is 16.2. The number of pyridine rings is 1. The Balaban J connectivity index is 1.66. The summed E-state index contributed by atoms with van der Waals surface area (Å²) in [5, 5.41) is 2.08. The van der Waals surface area contributed by atoms with Gasteiger partial charge in [0.05, 0.1) is 10.6 Å². The average molecular weight is 347 g/mol. The average Bonchev–Trinajstić information content (AvgIpc) is 3.18. The normalized spacial score (nSPS) is 11.2. The highest BCUT2D eigenvalue weighted by Crippen LogP contribution is 2.18. The Bertz CT molecular complexity index is 884. The molecule has 0 saturated heterocycles. The van der Waals surface area contributed by atoms with Gasteiger partial charge in [0.2, 0.25) is 5.78 Å². The fraction of sp³-hybridized carbons (Fsp3) is 0.0625. The largest absolute Gasteiger partial charge is 0.454 e. The lowest BCUT2D eigenvalue weighted by Gasteiger charge is -1.99. The van der Waals surface area contributed by atoms with Gasteiger partial charge < -0.3 is 4.74 Å². The number of thiophene rings is 1. The quantitative estimate of drug-likeness (QED) is 0.403. The smallest absolute Gasteiger partial charge is 0.331 e. The molecule has 0 unspecified atom stereocenters. The second-order valence-electron chi connectivity index (χ2n) is 4.56. The SMILES string of the molecule is O=C(/C=C/c1c(Cl)nc2ccccn12)OCC(=O)c1cccs1. The molecule has 0 saturated carbocycles. The van der Waals surface area contributed by atoms with Crippen LogP contribution in [0.3, 0.4) is 0 Å². The summed E-state index contributed by atoms with van der Waals surface area (Å²) < 4.78 is 6.69. The van der Waals surface area contributed by atoms with E-state index in [9.17, 15) is 9.59 Å². The molecule has 0 radical (unpaired) electrons. The summed E-state index contributed by atoms with van der Waals surface area (Å²) >= 11 is 7.37. The number of fused-ring (bicyclic) bond motifs is 1. The van der Waals surface area contributed by atoms with Gasteiger partial charge >= 0.3 is 5.97 Å². The number of carbonyl (C=O) groups is 2. The standard InChI is InChI=1S/C16H11ClN2O3S/c17-16-11(19-8-2-1-5-14(19)18-16)6-7-15(21)22-10-12(20)13-4-3-9-23-13/h1-9H,10H2/b7-6+. The van der Waals surface area contributed by atoms with Gasteiger partial charge in [-0.1, -0.05) is 23.7 Å². The molecule has 0 aromatic carbocycles. The predicted octanol–water partition coefficient (Wildman–Crippen LogP) is 3.49. The first-order valence-electron chi connectivity index (χ1n) is 6.69. The summed E-state index contributed by atoms with van der Waals surface area (Å²) in [6.07, 6.45) is 4.53. The van der Waals surface area contributed by atoms with Crippen molar-refractivity contribution in [3.8, 4) is 0 Å². The number of ether oxygens (including phenoxy) is 1. The summed E-state index contributed by atoms with van der Waals surface area (Å²) in [5.41, 5.74) is 1.25. The number of Topliss-reactive ketones (excluding diaryl/α,β-unsaturated/α-hetero) is 1. The number of rotatable bonds is 5. The molecule has 3 rings (SSSR count). The lowest BCUT2D eigenvalue weighted by atomic mass is 10.3. The summed E-state index contributed by atoms with van der Waals surface area (Å²) in [5.74, 6) is -0.841. The third-order valence-corrected chi connectivity index (χ3v) is 4.23. The topological polar surface area (TPSA) is 60.7 Å². The zero-order valence-corrected chi connectivity index (χ0v) is 13.4. The summed E-state index contributed by atoms with van der Waals surface area (Å²) in [7, 11) is 0. The van der Waals surface area contributed by atoms with E-state index >= 15 is 0 Å². The molecular formula is C16H11ClN2O3S. The molecule has 0 amide bonds. The number of esters is 1. The number of halogens is 1. The Hall–Kier alpha value is -2.44. The molecule has 0 aliphatic carbocycles. The van der Waals surface area contributed by atoms with E-state index in [2.05, 4.69) is 4.98 Å². The van der Waals surface area contributed by atoms with Crippen molar-refractivity contribution in [1.29, 1.82) is 0 Å². The molecule has 0 fully saturated rings. The monoisotopic (exact) mass is 346 g/mol. The van der Waals surface area contributed by atoms with Crippen molar-refractivity contribution in [2.24, 2.45) is 0 Å². The predicted molar refractivity (Wildman–Crippen MR) is 88.8 cm³/mol. The lowest BCUT2D eigenvalue weighted by molar-refractivity contribution is -0.136. The maximum absolute atomic E-state index is 11.7. The van der Waals surface area contributed by atoms with Crippen LogP contribution in [0.4, 0.5) is 0 Å². The molecule has 3 heterocycles. The van der Waals surface area contributed by atoms with Crippen LogP contribution in [0.5, 0.6) is 0 Å². The highest BCUT2D eigenvalue weighted by molar-refractivity contribution is 7.12. The fourth-order valence-electron chi connectivity index (χ4n) is 1.98. The zero-order valence-electron chi connectivity index (χ0n) is 11.8. The van der Waals surface area contributed by atoms with Crippen molar-refractivity contribution in [2.45, 2.75) is 0 Å². The van der Waals surface area contributed by atoms with Crippen LogP contribution in [0.2, 0.25) is 5.15 Å². The van der Waals surface area contributed by atoms with Crippen molar-refractivity contribution >= 4 is 46.4 Å². The molecule has 0 aliphatic rings. The van der Waals surface area contributed by atoms with E-state index in [1.165, 1.54) is 23.5 Å². The number of carbonyl (C=O) groups excluding carboxylic acids is 2. The van der Waals surface area contributed by atoms with Crippen LogP contribution in [0.1, 0.15) is 15.4 Å². The Morgan fingerprint density at radius 2 is 2.17 bits per heavy atom. The highest BCUT2D eigenvalue weighted by atomic mass is 35.5. The number of imidazole rings is 1. The van der Waals surface area contributed by atoms with Crippen LogP contribution in [-0.4, -0.2) is 27.7 Å². The van der Waals surface area contributed by atoms with E-state index in [4.69, 9.17) is 16.3 Å². The molecule has 3 aromatic rings. The molecule has 0 atom stereocenters. The maximum atomic E-state index is 11.7. The Kier molecular flexibility index (Phi) is 4.55. The molecular weight excluding hydrogens is 336 g/mol. The van der Waals surface area contributed by atoms with E-state index in [-0.39, 0.29) is 17.5 Å². The van der Waals surface area contributed by atoms with Gasteiger partial charge in [-0.3, -0.25) is 9.20 Å². The number of nitrogens with zero attached hydrogens (tertiary/aromatic N) is 2. The first-order chi connectivity index (χ1) is 11.1. The van der Waals surface area contributed by atoms with Gasteiger partial charge in [-0.15, -0.1) is 11.3 Å². The van der Waals surface area contributed by atoms with Crippen LogP contribution >= 0.6 is 22.9 Å². The Morgan fingerprint density at radius 3 is 2.96 bits per heavy atom. The second-order valence-corrected chi connectivity index (χ2v) is 5.86. The van der Waals surface area contributed by atoms with E-state index in [0.29, 0.717) is 16.2 Å². The van der Waals surface area contributed by atoms with Crippen LogP contribution in [0, 0.1) is 0 Å². The van der Waals surface area contributed by atoms with Gasteiger partial charge in [-0.05, 0) is 29.7 Å². The first kappa shape index (κ1) is 15.5. The minimum absolute atomic E-state index is 0.227. The lowest BCUT2D eigenvalue weighted by Crippen LogP contribution is -2.11. The summed E-state index contributed by atoms with van der Waals surface area (Å²) in [4.78, 5) is 28.2. The third-order valence-electron chi connectivity index (χ3n) is 3.04.